The van der Waals surface area contributed by atoms with Gasteiger partial charge in [0, 0.05) is 11.6 Å². The number of rotatable bonds is 5. The molecule has 22 heavy (non-hydrogen) atoms. The van der Waals surface area contributed by atoms with E-state index < -0.39 is 5.54 Å². The first-order valence-corrected chi connectivity index (χ1v) is 8.35. The van der Waals surface area contributed by atoms with Gasteiger partial charge in [-0.2, -0.15) is 0 Å². The zero-order chi connectivity index (χ0) is 16.0. The van der Waals surface area contributed by atoms with Crippen molar-refractivity contribution in [2.45, 2.75) is 51.5 Å². The number of benzene rings is 1. The molecule has 0 heterocycles. The van der Waals surface area contributed by atoms with Crippen molar-refractivity contribution in [1.82, 2.24) is 10.6 Å². The second-order valence-corrected chi connectivity index (χ2v) is 6.81. The summed E-state index contributed by atoms with van der Waals surface area (Å²) in [5.41, 5.74) is 2.07. The highest BCUT2D eigenvalue weighted by molar-refractivity contribution is 6.30. The molecule has 1 aliphatic carbocycles. The van der Waals surface area contributed by atoms with E-state index in [4.69, 9.17) is 11.6 Å². The topological polar surface area (TPSA) is 41.1 Å². The Morgan fingerprint density at radius 1 is 1.23 bits per heavy atom. The van der Waals surface area contributed by atoms with E-state index in [9.17, 15) is 4.79 Å². The maximum atomic E-state index is 12.1. The largest absolute Gasteiger partial charge is 0.338 e. The normalized spacial score (nSPS) is 15.1. The first kappa shape index (κ1) is 16.9. The lowest BCUT2D eigenvalue weighted by Gasteiger charge is -2.27. The fourth-order valence-electron chi connectivity index (χ4n) is 2.74. The summed E-state index contributed by atoms with van der Waals surface area (Å²) in [4.78, 5) is 12.1. The molecular weight excluding hydrogens is 296 g/mol. The monoisotopic (exact) mass is 320 g/mol. The van der Waals surface area contributed by atoms with Crippen molar-refractivity contribution in [3.05, 3.63) is 46.5 Å². The van der Waals surface area contributed by atoms with Crippen molar-refractivity contribution in [2.75, 3.05) is 6.54 Å². The molecule has 1 aromatic carbocycles. The summed E-state index contributed by atoms with van der Waals surface area (Å²) in [6.45, 7) is 4.66. The highest BCUT2D eigenvalue weighted by atomic mass is 35.5. The molecule has 0 saturated carbocycles. The number of amides is 2. The lowest BCUT2D eigenvalue weighted by atomic mass is 9.94. The molecule has 3 nitrogen and oxygen atoms in total. The summed E-state index contributed by atoms with van der Waals surface area (Å²) in [6.07, 6.45) is 8.22. The standard InChI is InChI=1S/C18H25ClN2O/c1-18(2,15-8-10-16(19)11-9-15)21-17(22)20-13-12-14-6-4-3-5-7-14/h6,8-11H,3-5,7,12-13H2,1-2H3,(H2,20,21,22). The van der Waals surface area contributed by atoms with E-state index in [0.717, 1.165) is 12.0 Å². The molecule has 0 fully saturated rings. The zero-order valence-electron chi connectivity index (χ0n) is 13.4. The van der Waals surface area contributed by atoms with E-state index >= 15 is 0 Å². The van der Waals surface area contributed by atoms with Crippen LogP contribution in [0.15, 0.2) is 35.9 Å². The smallest absolute Gasteiger partial charge is 0.315 e. The quantitative estimate of drug-likeness (QED) is 0.754. The summed E-state index contributed by atoms with van der Waals surface area (Å²) < 4.78 is 0. The number of hydrogen-bond acceptors (Lipinski definition) is 1. The van der Waals surface area contributed by atoms with Crippen molar-refractivity contribution in [2.24, 2.45) is 0 Å². The molecule has 0 unspecified atom stereocenters. The number of urea groups is 1. The minimum absolute atomic E-state index is 0.128. The number of hydrogen-bond donors (Lipinski definition) is 2. The van der Waals surface area contributed by atoms with Crippen LogP contribution in [0, 0.1) is 0 Å². The summed E-state index contributed by atoms with van der Waals surface area (Å²) >= 11 is 5.90. The fraction of sp³-hybridized carbons (Fsp3) is 0.500. The fourth-order valence-corrected chi connectivity index (χ4v) is 2.86. The van der Waals surface area contributed by atoms with Crippen LogP contribution in [0.4, 0.5) is 4.79 Å². The Hall–Kier alpha value is -1.48. The molecule has 0 radical (unpaired) electrons. The van der Waals surface area contributed by atoms with Crippen LogP contribution in [0.5, 0.6) is 0 Å². The van der Waals surface area contributed by atoms with E-state index in [1.165, 1.54) is 31.3 Å². The molecule has 0 aromatic heterocycles. The average Bonchev–Trinajstić information content (AvgIpc) is 2.48. The Morgan fingerprint density at radius 2 is 1.95 bits per heavy atom. The molecule has 0 bridgehead atoms. The maximum Gasteiger partial charge on any atom is 0.315 e. The van der Waals surface area contributed by atoms with Crippen molar-refractivity contribution < 1.29 is 4.79 Å². The third-order valence-corrected chi connectivity index (χ3v) is 4.36. The minimum Gasteiger partial charge on any atom is -0.338 e. The first-order chi connectivity index (χ1) is 10.5. The molecule has 0 atom stereocenters. The molecule has 4 heteroatoms. The average molecular weight is 321 g/mol. The van der Waals surface area contributed by atoms with Crippen LogP contribution in [0.3, 0.4) is 0 Å². The molecule has 0 saturated heterocycles. The van der Waals surface area contributed by atoms with Gasteiger partial charge in [0.25, 0.3) is 0 Å². The predicted octanol–water partition coefficient (Wildman–Crippen LogP) is 4.76. The molecule has 120 valence electrons. The summed E-state index contributed by atoms with van der Waals surface area (Å²) in [7, 11) is 0. The van der Waals surface area contributed by atoms with Gasteiger partial charge >= 0.3 is 6.03 Å². The molecule has 1 aliphatic rings. The number of allylic oxidation sites excluding steroid dienone is 1. The minimum atomic E-state index is -0.432. The van der Waals surface area contributed by atoms with Gasteiger partial charge in [0.05, 0.1) is 5.54 Å². The van der Waals surface area contributed by atoms with Gasteiger partial charge in [0.1, 0.15) is 0 Å². The van der Waals surface area contributed by atoms with Crippen LogP contribution in [0.2, 0.25) is 5.02 Å². The van der Waals surface area contributed by atoms with Crippen LogP contribution in [-0.4, -0.2) is 12.6 Å². The van der Waals surface area contributed by atoms with Crippen LogP contribution in [0.25, 0.3) is 0 Å². The van der Waals surface area contributed by atoms with Crippen LogP contribution >= 0.6 is 11.6 Å². The molecular formula is C18H25ClN2O. The predicted molar refractivity (Wildman–Crippen MR) is 92.2 cm³/mol. The molecule has 0 aliphatic heterocycles. The first-order valence-electron chi connectivity index (χ1n) is 7.97. The third-order valence-electron chi connectivity index (χ3n) is 4.11. The Kier molecular flexibility index (Phi) is 5.90. The van der Waals surface area contributed by atoms with Gasteiger partial charge in [-0.05, 0) is 63.6 Å². The Morgan fingerprint density at radius 3 is 2.59 bits per heavy atom. The number of halogens is 1. The maximum absolute atomic E-state index is 12.1. The molecule has 1 aromatic rings. The van der Waals surface area contributed by atoms with Crippen LogP contribution in [-0.2, 0) is 5.54 Å². The van der Waals surface area contributed by atoms with Gasteiger partial charge in [-0.25, -0.2) is 4.79 Å². The molecule has 2 rings (SSSR count). The van der Waals surface area contributed by atoms with E-state index in [2.05, 4.69) is 16.7 Å². The number of carbonyl (C=O) groups excluding carboxylic acids is 1. The summed E-state index contributed by atoms with van der Waals surface area (Å²) in [5.74, 6) is 0. The molecule has 2 amide bonds. The zero-order valence-corrected chi connectivity index (χ0v) is 14.2. The van der Waals surface area contributed by atoms with Crippen molar-refractivity contribution >= 4 is 17.6 Å². The number of carbonyl (C=O) groups is 1. The van der Waals surface area contributed by atoms with E-state index in [-0.39, 0.29) is 6.03 Å². The molecule has 0 spiro atoms. The SMILES string of the molecule is CC(C)(NC(=O)NCCC1=CCCCC1)c1ccc(Cl)cc1. The van der Waals surface area contributed by atoms with Gasteiger partial charge in [0.15, 0.2) is 0 Å². The van der Waals surface area contributed by atoms with Crippen molar-refractivity contribution in [3.8, 4) is 0 Å². The molecule has 2 N–H and O–H groups in total. The van der Waals surface area contributed by atoms with Crippen molar-refractivity contribution in [3.63, 3.8) is 0 Å². The second kappa shape index (κ2) is 7.68. The highest BCUT2D eigenvalue weighted by Crippen LogP contribution is 2.22. The van der Waals surface area contributed by atoms with Gasteiger partial charge in [-0.3, -0.25) is 0 Å². The lowest BCUT2D eigenvalue weighted by molar-refractivity contribution is 0.230. The van der Waals surface area contributed by atoms with Gasteiger partial charge in [0.2, 0.25) is 0 Å². The van der Waals surface area contributed by atoms with Gasteiger partial charge in [-0.1, -0.05) is 35.4 Å². The number of nitrogens with one attached hydrogen (secondary N) is 2. The van der Waals surface area contributed by atoms with Crippen molar-refractivity contribution in [1.29, 1.82) is 0 Å². The van der Waals surface area contributed by atoms with Crippen LogP contribution < -0.4 is 10.6 Å². The Labute approximate surface area is 138 Å². The third kappa shape index (κ3) is 5.06. The lowest BCUT2D eigenvalue weighted by Crippen LogP contribution is -2.46. The van der Waals surface area contributed by atoms with Gasteiger partial charge in [-0.15, -0.1) is 0 Å². The van der Waals surface area contributed by atoms with E-state index in [0.29, 0.717) is 11.6 Å². The van der Waals surface area contributed by atoms with E-state index in [1.54, 1.807) is 0 Å². The van der Waals surface area contributed by atoms with Crippen LogP contribution in [0.1, 0.15) is 51.5 Å². The second-order valence-electron chi connectivity index (χ2n) is 6.37. The van der Waals surface area contributed by atoms with E-state index in [1.807, 2.05) is 38.1 Å². The Bertz CT molecular complexity index is 535. The van der Waals surface area contributed by atoms with Gasteiger partial charge < -0.3 is 10.6 Å². The highest BCUT2D eigenvalue weighted by Gasteiger charge is 2.22. The summed E-state index contributed by atoms with van der Waals surface area (Å²) in [6, 6.07) is 7.43. The summed E-state index contributed by atoms with van der Waals surface area (Å²) in [5, 5.41) is 6.67. The Balaban J connectivity index is 1.80.